The summed E-state index contributed by atoms with van der Waals surface area (Å²) in [7, 11) is 3.78. The molecule has 1 aliphatic rings. The van der Waals surface area contributed by atoms with Gasteiger partial charge < -0.3 is 15.1 Å². The van der Waals surface area contributed by atoms with E-state index in [1.165, 1.54) is 10.4 Å². The number of aromatic nitrogens is 4. The summed E-state index contributed by atoms with van der Waals surface area (Å²) in [4.78, 5) is 25.6. The van der Waals surface area contributed by atoms with Crippen molar-refractivity contribution >= 4 is 28.2 Å². The van der Waals surface area contributed by atoms with Crippen LogP contribution in [0.4, 0.5) is 17.3 Å². The van der Waals surface area contributed by atoms with E-state index in [-0.39, 0.29) is 5.56 Å². The van der Waals surface area contributed by atoms with Crippen molar-refractivity contribution in [2.75, 3.05) is 43.4 Å². The number of anilines is 3. The predicted molar refractivity (Wildman–Crippen MR) is 107 cm³/mol. The van der Waals surface area contributed by atoms with Gasteiger partial charge in [-0.05, 0) is 38.2 Å². The summed E-state index contributed by atoms with van der Waals surface area (Å²) >= 11 is 0. The molecule has 140 valence electrons. The highest BCUT2D eigenvalue weighted by Crippen LogP contribution is 2.21. The summed E-state index contributed by atoms with van der Waals surface area (Å²) in [5, 5.41) is 7.88. The minimum Gasteiger partial charge on any atom is -0.369 e. The van der Waals surface area contributed by atoms with Crippen molar-refractivity contribution in [1.82, 2.24) is 24.6 Å². The largest absolute Gasteiger partial charge is 0.369 e. The number of rotatable bonds is 3. The topological polar surface area (TPSA) is 79.2 Å². The number of benzene rings is 1. The van der Waals surface area contributed by atoms with E-state index < -0.39 is 0 Å². The second-order valence-corrected chi connectivity index (χ2v) is 6.93. The normalized spacial score (nSPS) is 15.3. The number of nitrogens with one attached hydrogen (secondary N) is 1. The Morgan fingerprint density at radius 1 is 1.04 bits per heavy atom. The van der Waals surface area contributed by atoms with Crippen LogP contribution in [0.5, 0.6) is 0 Å². The summed E-state index contributed by atoms with van der Waals surface area (Å²) in [5.74, 6) is 0.452. The lowest BCUT2D eigenvalue weighted by Crippen LogP contribution is -2.44. The number of likely N-dealkylation sites (N-methyl/N-ethyl adjacent to an activating group) is 1. The van der Waals surface area contributed by atoms with Crippen LogP contribution in [-0.2, 0) is 7.05 Å². The SMILES string of the molecule is Cc1nn(C)c(=O)c2cnc(Nc3ccc(N4CCN(C)CC4)cc3)nc12. The molecule has 1 aliphatic heterocycles. The summed E-state index contributed by atoms with van der Waals surface area (Å²) in [5.41, 5.74) is 3.20. The fourth-order valence-electron chi connectivity index (χ4n) is 3.32. The van der Waals surface area contributed by atoms with Crippen LogP contribution in [0.1, 0.15) is 5.69 Å². The predicted octanol–water partition coefficient (Wildman–Crippen LogP) is 1.53. The second kappa shape index (κ2) is 6.96. The molecular formula is C19H23N7O. The van der Waals surface area contributed by atoms with Crippen LogP contribution in [0.3, 0.4) is 0 Å². The van der Waals surface area contributed by atoms with Crippen molar-refractivity contribution in [3.63, 3.8) is 0 Å². The van der Waals surface area contributed by atoms with E-state index in [0.29, 0.717) is 22.5 Å². The third-order valence-electron chi connectivity index (χ3n) is 4.95. The van der Waals surface area contributed by atoms with E-state index in [1.807, 2.05) is 19.1 Å². The molecule has 0 amide bonds. The molecule has 4 rings (SSSR count). The van der Waals surface area contributed by atoms with Crippen LogP contribution in [0.2, 0.25) is 0 Å². The van der Waals surface area contributed by atoms with Gasteiger partial charge >= 0.3 is 0 Å². The zero-order valence-electron chi connectivity index (χ0n) is 15.8. The Morgan fingerprint density at radius 3 is 2.44 bits per heavy atom. The maximum absolute atomic E-state index is 12.2. The lowest BCUT2D eigenvalue weighted by atomic mass is 10.2. The van der Waals surface area contributed by atoms with Crippen molar-refractivity contribution in [3.05, 3.63) is 46.5 Å². The summed E-state index contributed by atoms with van der Waals surface area (Å²) in [6.45, 7) is 6.08. The van der Waals surface area contributed by atoms with Crippen LogP contribution < -0.4 is 15.8 Å². The number of piperazine rings is 1. The van der Waals surface area contributed by atoms with Gasteiger partial charge in [-0.3, -0.25) is 4.79 Å². The lowest BCUT2D eigenvalue weighted by Gasteiger charge is -2.34. The molecule has 0 unspecified atom stereocenters. The van der Waals surface area contributed by atoms with Crippen molar-refractivity contribution in [2.24, 2.45) is 7.05 Å². The van der Waals surface area contributed by atoms with Crippen LogP contribution in [0, 0.1) is 6.92 Å². The molecular weight excluding hydrogens is 342 g/mol. The maximum atomic E-state index is 12.2. The lowest BCUT2D eigenvalue weighted by molar-refractivity contribution is 0.313. The first-order valence-corrected chi connectivity index (χ1v) is 9.02. The van der Waals surface area contributed by atoms with Crippen LogP contribution in [0.25, 0.3) is 10.9 Å². The van der Waals surface area contributed by atoms with Gasteiger partial charge in [0.15, 0.2) is 0 Å². The molecule has 1 N–H and O–H groups in total. The number of fused-ring (bicyclic) bond motifs is 1. The van der Waals surface area contributed by atoms with Crippen LogP contribution in [-0.4, -0.2) is 57.9 Å². The third-order valence-corrected chi connectivity index (χ3v) is 4.95. The van der Waals surface area contributed by atoms with E-state index in [1.54, 1.807) is 13.2 Å². The number of aryl methyl sites for hydroxylation is 2. The van der Waals surface area contributed by atoms with Crippen molar-refractivity contribution in [1.29, 1.82) is 0 Å². The van der Waals surface area contributed by atoms with Gasteiger partial charge in [-0.25, -0.2) is 14.6 Å². The highest BCUT2D eigenvalue weighted by Gasteiger charge is 2.14. The molecule has 1 saturated heterocycles. The molecule has 27 heavy (non-hydrogen) atoms. The zero-order chi connectivity index (χ0) is 19.0. The van der Waals surface area contributed by atoms with Gasteiger partial charge in [0.2, 0.25) is 5.95 Å². The van der Waals surface area contributed by atoms with Gasteiger partial charge in [-0.1, -0.05) is 0 Å². The van der Waals surface area contributed by atoms with Crippen LogP contribution in [0.15, 0.2) is 35.3 Å². The quantitative estimate of drug-likeness (QED) is 0.754. The molecule has 3 heterocycles. The van der Waals surface area contributed by atoms with Gasteiger partial charge in [0, 0.05) is 50.8 Å². The Bertz CT molecular complexity index is 1020. The Labute approximate surface area is 157 Å². The number of hydrogen-bond donors (Lipinski definition) is 1. The van der Waals surface area contributed by atoms with Crippen molar-refractivity contribution in [2.45, 2.75) is 6.92 Å². The first-order valence-electron chi connectivity index (χ1n) is 9.02. The molecule has 0 radical (unpaired) electrons. The third kappa shape index (κ3) is 3.48. The summed E-state index contributed by atoms with van der Waals surface area (Å²) in [6.07, 6.45) is 1.56. The fourth-order valence-corrected chi connectivity index (χ4v) is 3.32. The van der Waals surface area contributed by atoms with E-state index in [4.69, 9.17) is 0 Å². The van der Waals surface area contributed by atoms with E-state index >= 15 is 0 Å². The molecule has 8 nitrogen and oxygen atoms in total. The fraction of sp³-hybridized carbons (Fsp3) is 0.368. The molecule has 1 fully saturated rings. The van der Waals surface area contributed by atoms with Gasteiger partial charge in [0.1, 0.15) is 5.52 Å². The van der Waals surface area contributed by atoms with Gasteiger partial charge in [0.05, 0.1) is 11.1 Å². The Morgan fingerprint density at radius 2 is 1.74 bits per heavy atom. The average molecular weight is 365 g/mol. The molecule has 0 bridgehead atoms. The van der Waals surface area contributed by atoms with E-state index in [9.17, 15) is 4.79 Å². The minimum atomic E-state index is -0.196. The molecule has 0 atom stereocenters. The second-order valence-electron chi connectivity index (χ2n) is 6.93. The van der Waals surface area contributed by atoms with Crippen molar-refractivity contribution in [3.8, 4) is 0 Å². The van der Waals surface area contributed by atoms with E-state index in [0.717, 1.165) is 31.9 Å². The maximum Gasteiger partial charge on any atom is 0.277 e. The molecule has 2 aromatic heterocycles. The molecule has 0 spiro atoms. The Kier molecular flexibility index (Phi) is 4.49. The number of nitrogens with zero attached hydrogens (tertiary/aromatic N) is 6. The smallest absolute Gasteiger partial charge is 0.277 e. The molecule has 0 aliphatic carbocycles. The van der Waals surface area contributed by atoms with Crippen LogP contribution >= 0.6 is 0 Å². The average Bonchev–Trinajstić information content (AvgIpc) is 2.68. The first-order chi connectivity index (χ1) is 13.0. The highest BCUT2D eigenvalue weighted by molar-refractivity contribution is 5.79. The molecule has 8 heteroatoms. The van der Waals surface area contributed by atoms with E-state index in [2.05, 4.69) is 49.4 Å². The monoisotopic (exact) mass is 365 g/mol. The van der Waals surface area contributed by atoms with Gasteiger partial charge in [-0.2, -0.15) is 5.10 Å². The standard InChI is InChI=1S/C19H23N7O/c1-13-17-16(18(27)25(3)23-13)12-20-19(22-17)21-14-4-6-15(7-5-14)26-10-8-24(2)9-11-26/h4-7,12H,8-11H2,1-3H3,(H,20,21,22). The summed E-state index contributed by atoms with van der Waals surface area (Å²) in [6, 6.07) is 8.27. The molecule has 0 saturated carbocycles. The van der Waals surface area contributed by atoms with Gasteiger partial charge in [-0.15, -0.1) is 0 Å². The molecule has 3 aromatic rings. The Hall–Kier alpha value is -3.00. The highest BCUT2D eigenvalue weighted by atomic mass is 16.1. The summed E-state index contributed by atoms with van der Waals surface area (Å²) < 4.78 is 1.31. The van der Waals surface area contributed by atoms with Gasteiger partial charge in [0.25, 0.3) is 5.56 Å². The minimum absolute atomic E-state index is 0.196. The zero-order valence-corrected chi connectivity index (χ0v) is 15.8. The first kappa shape index (κ1) is 17.4. The van der Waals surface area contributed by atoms with Crippen molar-refractivity contribution < 1.29 is 0 Å². The number of hydrogen-bond acceptors (Lipinski definition) is 7. The Balaban J connectivity index is 1.54. The molecule has 1 aromatic carbocycles.